The van der Waals surface area contributed by atoms with Crippen molar-refractivity contribution in [1.82, 2.24) is 5.32 Å². The summed E-state index contributed by atoms with van der Waals surface area (Å²) in [5.41, 5.74) is 0.634. The van der Waals surface area contributed by atoms with Gasteiger partial charge in [-0.25, -0.2) is 12.8 Å². The fourth-order valence-corrected chi connectivity index (χ4v) is 4.28. The maximum atomic E-state index is 13.0. The molecule has 0 aliphatic rings. The molecule has 27 heavy (non-hydrogen) atoms. The van der Waals surface area contributed by atoms with E-state index in [4.69, 9.17) is 4.42 Å². The van der Waals surface area contributed by atoms with Gasteiger partial charge in [0.2, 0.25) is 5.91 Å². The molecule has 0 radical (unpaired) electrons. The minimum Gasteiger partial charge on any atom is -0.468 e. The Kier molecular flexibility index (Phi) is 5.71. The van der Waals surface area contributed by atoms with Gasteiger partial charge in [0.25, 0.3) is 0 Å². The number of sulfone groups is 1. The predicted octanol–water partition coefficient (Wildman–Crippen LogP) is 3.29. The van der Waals surface area contributed by atoms with Crippen LogP contribution in [0.15, 0.2) is 82.3 Å². The van der Waals surface area contributed by atoms with Gasteiger partial charge < -0.3 is 9.73 Å². The molecule has 140 valence electrons. The molecule has 1 aromatic heterocycles. The quantitative estimate of drug-likeness (QED) is 0.675. The number of hydrogen-bond donors (Lipinski definition) is 1. The molecule has 5 nitrogen and oxygen atoms in total. The van der Waals surface area contributed by atoms with Gasteiger partial charge in [-0.3, -0.25) is 4.79 Å². The molecule has 1 atom stereocenters. The summed E-state index contributed by atoms with van der Waals surface area (Å²) >= 11 is 0. The van der Waals surface area contributed by atoms with Gasteiger partial charge in [0.15, 0.2) is 9.84 Å². The van der Waals surface area contributed by atoms with Gasteiger partial charge >= 0.3 is 0 Å². The molecule has 0 bridgehead atoms. The molecule has 0 saturated carbocycles. The molecular weight excluding hydrogens is 369 g/mol. The highest BCUT2D eigenvalue weighted by molar-refractivity contribution is 7.91. The monoisotopic (exact) mass is 387 g/mol. The highest BCUT2D eigenvalue weighted by Gasteiger charge is 2.31. The Morgan fingerprint density at radius 2 is 1.70 bits per heavy atom. The molecule has 0 aliphatic heterocycles. The minimum atomic E-state index is -3.76. The number of nitrogens with one attached hydrogen (secondary N) is 1. The van der Waals surface area contributed by atoms with Crippen LogP contribution in [-0.2, 0) is 21.1 Å². The Labute approximate surface area is 156 Å². The van der Waals surface area contributed by atoms with Crippen molar-refractivity contribution in [2.45, 2.75) is 16.6 Å². The first-order chi connectivity index (χ1) is 13.0. The van der Waals surface area contributed by atoms with Gasteiger partial charge in [-0.2, -0.15) is 0 Å². The smallest absolute Gasteiger partial charge is 0.224 e. The fourth-order valence-electron chi connectivity index (χ4n) is 2.67. The van der Waals surface area contributed by atoms with E-state index in [-0.39, 0.29) is 35.3 Å². The van der Waals surface area contributed by atoms with Crippen LogP contribution in [0.2, 0.25) is 0 Å². The maximum Gasteiger partial charge on any atom is 0.224 e. The Bertz CT molecular complexity index is 984. The highest BCUT2D eigenvalue weighted by atomic mass is 32.2. The van der Waals surface area contributed by atoms with Crippen LogP contribution in [0.3, 0.4) is 0 Å². The average molecular weight is 387 g/mol. The Balaban J connectivity index is 1.75. The van der Waals surface area contributed by atoms with Crippen LogP contribution in [0.25, 0.3) is 0 Å². The van der Waals surface area contributed by atoms with E-state index in [9.17, 15) is 17.6 Å². The lowest BCUT2D eigenvalue weighted by atomic mass is 10.1. The van der Waals surface area contributed by atoms with E-state index >= 15 is 0 Å². The molecule has 3 rings (SSSR count). The van der Waals surface area contributed by atoms with Crippen molar-refractivity contribution in [1.29, 1.82) is 0 Å². The predicted molar refractivity (Wildman–Crippen MR) is 98.2 cm³/mol. The maximum absolute atomic E-state index is 13.0. The first-order valence-corrected chi connectivity index (χ1v) is 9.85. The van der Waals surface area contributed by atoms with Crippen molar-refractivity contribution in [2.75, 3.05) is 6.54 Å². The Morgan fingerprint density at radius 3 is 2.33 bits per heavy atom. The molecule has 7 heteroatoms. The largest absolute Gasteiger partial charge is 0.468 e. The lowest BCUT2D eigenvalue weighted by Crippen LogP contribution is -2.32. The van der Waals surface area contributed by atoms with Gasteiger partial charge in [-0.15, -0.1) is 0 Å². The summed E-state index contributed by atoms with van der Waals surface area (Å²) in [6, 6.07) is 16.8. The third-order valence-electron chi connectivity index (χ3n) is 4.07. The number of rotatable bonds is 7. The zero-order chi connectivity index (χ0) is 19.3. The van der Waals surface area contributed by atoms with E-state index in [2.05, 4.69) is 5.32 Å². The number of carbonyl (C=O) groups is 1. The van der Waals surface area contributed by atoms with Crippen molar-refractivity contribution in [2.24, 2.45) is 0 Å². The van der Waals surface area contributed by atoms with Crippen LogP contribution in [0.1, 0.15) is 16.6 Å². The topological polar surface area (TPSA) is 76.4 Å². The summed E-state index contributed by atoms with van der Waals surface area (Å²) in [4.78, 5) is 12.4. The lowest BCUT2D eigenvalue weighted by Gasteiger charge is -2.16. The van der Waals surface area contributed by atoms with Crippen LogP contribution in [0.5, 0.6) is 0 Å². The van der Waals surface area contributed by atoms with Gasteiger partial charge in [-0.1, -0.05) is 30.3 Å². The molecule has 0 spiro atoms. The van der Waals surface area contributed by atoms with E-state index in [0.717, 1.165) is 0 Å². The molecule has 1 unspecified atom stereocenters. The van der Waals surface area contributed by atoms with Crippen LogP contribution in [0.4, 0.5) is 4.39 Å². The summed E-state index contributed by atoms with van der Waals surface area (Å²) in [5, 5.41) is 1.59. The summed E-state index contributed by atoms with van der Waals surface area (Å²) in [6.45, 7) is -0.134. The first kappa shape index (κ1) is 18.8. The van der Waals surface area contributed by atoms with Crippen LogP contribution in [0, 0.1) is 5.82 Å². The molecule has 1 N–H and O–H groups in total. The highest BCUT2D eigenvalue weighted by Crippen LogP contribution is 2.28. The second kappa shape index (κ2) is 8.18. The second-order valence-corrected chi connectivity index (χ2v) is 8.10. The molecule has 3 aromatic rings. The summed E-state index contributed by atoms with van der Waals surface area (Å²) in [7, 11) is -3.76. The number of halogens is 1. The first-order valence-electron chi connectivity index (χ1n) is 8.30. The van der Waals surface area contributed by atoms with Crippen LogP contribution in [-0.4, -0.2) is 20.9 Å². The third kappa shape index (κ3) is 4.62. The number of amides is 1. The average Bonchev–Trinajstić information content (AvgIpc) is 3.18. The van der Waals surface area contributed by atoms with Crippen molar-refractivity contribution < 1.29 is 22.0 Å². The molecule has 0 fully saturated rings. The zero-order valence-corrected chi connectivity index (χ0v) is 15.2. The standard InChI is InChI=1S/C20H18FNO4S/c21-16-10-8-15(9-11-16)13-20(23)22-14-19(18-7-4-12-26-18)27(24,25)17-5-2-1-3-6-17/h1-12,19H,13-14H2,(H,22,23). The van der Waals surface area contributed by atoms with Crippen molar-refractivity contribution >= 4 is 15.7 Å². The molecule has 0 aliphatic carbocycles. The lowest BCUT2D eigenvalue weighted by molar-refractivity contribution is -0.120. The SMILES string of the molecule is O=C(Cc1ccc(F)cc1)NCC(c1ccco1)S(=O)(=O)c1ccccc1. The molecule has 0 saturated heterocycles. The third-order valence-corrected chi connectivity index (χ3v) is 6.15. The van der Waals surface area contributed by atoms with Gasteiger partial charge in [0.1, 0.15) is 16.8 Å². The number of hydrogen-bond acceptors (Lipinski definition) is 4. The summed E-state index contributed by atoms with van der Waals surface area (Å²) in [6.07, 6.45) is 1.42. The number of furan rings is 1. The van der Waals surface area contributed by atoms with Gasteiger partial charge in [0.05, 0.1) is 17.6 Å². The summed E-state index contributed by atoms with van der Waals surface area (Å²) in [5.74, 6) is -0.492. The Hall–Kier alpha value is -2.93. The van der Waals surface area contributed by atoms with Crippen LogP contribution < -0.4 is 5.32 Å². The Morgan fingerprint density at radius 1 is 1.00 bits per heavy atom. The molecular formula is C20H18FNO4S. The van der Waals surface area contributed by atoms with Crippen LogP contribution >= 0.6 is 0 Å². The van der Waals surface area contributed by atoms with Gasteiger partial charge in [-0.05, 0) is 42.0 Å². The second-order valence-electron chi connectivity index (χ2n) is 5.97. The van der Waals surface area contributed by atoms with Crippen molar-refractivity contribution in [3.8, 4) is 0 Å². The van der Waals surface area contributed by atoms with Gasteiger partial charge in [0, 0.05) is 6.54 Å². The molecule has 1 amide bonds. The van der Waals surface area contributed by atoms with E-state index in [1.165, 1.54) is 42.7 Å². The zero-order valence-electron chi connectivity index (χ0n) is 14.3. The normalized spacial score (nSPS) is 12.5. The minimum absolute atomic E-state index is 0.0243. The molecule has 1 heterocycles. The number of carbonyl (C=O) groups excluding carboxylic acids is 1. The van der Waals surface area contributed by atoms with E-state index < -0.39 is 15.1 Å². The fraction of sp³-hybridized carbons (Fsp3) is 0.150. The summed E-state index contributed by atoms with van der Waals surface area (Å²) < 4.78 is 44.2. The van der Waals surface area contributed by atoms with E-state index in [1.807, 2.05) is 0 Å². The van der Waals surface area contributed by atoms with E-state index in [1.54, 1.807) is 30.3 Å². The van der Waals surface area contributed by atoms with Crippen molar-refractivity contribution in [3.05, 3.63) is 90.1 Å². The van der Waals surface area contributed by atoms with E-state index in [0.29, 0.717) is 5.56 Å². The molecule has 2 aromatic carbocycles. The van der Waals surface area contributed by atoms with Crippen molar-refractivity contribution in [3.63, 3.8) is 0 Å². The number of benzene rings is 2.